The molecular weight excluding hydrogens is 303 g/mol. The van der Waals surface area contributed by atoms with Crippen LogP contribution in [0.15, 0.2) is 24.3 Å². The molecule has 4 rings (SSSR count). The summed E-state index contributed by atoms with van der Waals surface area (Å²) >= 11 is 0. The third-order valence-corrected chi connectivity index (χ3v) is 5.79. The van der Waals surface area contributed by atoms with E-state index in [0.29, 0.717) is 6.04 Å². The van der Waals surface area contributed by atoms with Crippen molar-refractivity contribution in [2.24, 2.45) is 7.05 Å². The Labute approximate surface area is 143 Å². The quantitative estimate of drug-likeness (QED) is 0.857. The highest BCUT2D eigenvalue weighted by Gasteiger charge is 2.29. The molecule has 24 heavy (non-hydrogen) atoms. The van der Waals surface area contributed by atoms with Gasteiger partial charge < -0.3 is 9.47 Å². The van der Waals surface area contributed by atoms with Crippen molar-refractivity contribution in [3.8, 4) is 0 Å². The molecule has 0 spiro atoms. The number of fused-ring (bicyclic) bond motifs is 1. The first-order chi connectivity index (χ1) is 11.6. The standard InChI is InChI=1S/C19H27FN4/c1-21-7-9-24(10-8-21)17-5-6-23(13-17)14-18-12-15-11-16(20)3-4-19(15)22(18)2/h3-4,11-12,17H,5-10,13-14H2,1-2H3/t17-/m1/s1. The number of nitrogens with zero attached hydrogens (tertiary/aromatic N) is 4. The molecule has 2 aliphatic rings. The summed E-state index contributed by atoms with van der Waals surface area (Å²) in [6.07, 6.45) is 1.27. The maximum Gasteiger partial charge on any atom is 0.123 e. The molecule has 5 heteroatoms. The van der Waals surface area contributed by atoms with Gasteiger partial charge in [-0.15, -0.1) is 0 Å². The summed E-state index contributed by atoms with van der Waals surface area (Å²) in [7, 11) is 4.30. The van der Waals surface area contributed by atoms with E-state index >= 15 is 0 Å². The first kappa shape index (κ1) is 16.1. The monoisotopic (exact) mass is 330 g/mol. The molecule has 2 aliphatic heterocycles. The molecule has 1 aromatic carbocycles. The maximum atomic E-state index is 13.4. The molecule has 0 bridgehead atoms. The molecule has 0 unspecified atom stereocenters. The van der Waals surface area contributed by atoms with E-state index in [0.717, 1.165) is 30.5 Å². The molecule has 3 heterocycles. The van der Waals surface area contributed by atoms with Crippen molar-refractivity contribution < 1.29 is 4.39 Å². The smallest absolute Gasteiger partial charge is 0.123 e. The van der Waals surface area contributed by atoms with Gasteiger partial charge in [0.2, 0.25) is 0 Å². The van der Waals surface area contributed by atoms with Gasteiger partial charge in [-0.1, -0.05) is 0 Å². The molecule has 4 nitrogen and oxygen atoms in total. The molecule has 0 aliphatic carbocycles. The number of likely N-dealkylation sites (tertiary alicyclic amines) is 1. The van der Waals surface area contributed by atoms with Crippen LogP contribution in [0.2, 0.25) is 0 Å². The maximum absolute atomic E-state index is 13.4. The van der Waals surface area contributed by atoms with E-state index in [1.165, 1.54) is 38.3 Å². The van der Waals surface area contributed by atoms with Crippen LogP contribution in [0.1, 0.15) is 12.1 Å². The molecule has 2 saturated heterocycles. The number of aromatic nitrogens is 1. The molecule has 2 fully saturated rings. The lowest BCUT2D eigenvalue weighted by atomic mass is 10.2. The van der Waals surface area contributed by atoms with Gasteiger partial charge in [0.25, 0.3) is 0 Å². The van der Waals surface area contributed by atoms with Gasteiger partial charge in [-0.3, -0.25) is 9.80 Å². The fourth-order valence-corrected chi connectivity index (χ4v) is 4.20. The average Bonchev–Trinajstić information content (AvgIpc) is 3.14. The molecular formula is C19H27FN4. The van der Waals surface area contributed by atoms with Gasteiger partial charge >= 0.3 is 0 Å². The van der Waals surface area contributed by atoms with Gasteiger partial charge in [0.15, 0.2) is 0 Å². The number of hydrogen-bond acceptors (Lipinski definition) is 3. The zero-order valence-electron chi connectivity index (χ0n) is 14.7. The Hall–Kier alpha value is -1.43. The topological polar surface area (TPSA) is 14.7 Å². The SMILES string of the molecule is CN1CCN([C@@H]2CCN(Cc3cc4cc(F)ccc4n3C)C2)CC1. The van der Waals surface area contributed by atoms with E-state index in [1.807, 2.05) is 6.07 Å². The zero-order valence-corrected chi connectivity index (χ0v) is 14.7. The predicted molar refractivity (Wildman–Crippen MR) is 95.6 cm³/mol. The summed E-state index contributed by atoms with van der Waals surface area (Å²) in [4.78, 5) is 7.63. The van der Waals surface area contributed by atoms with Crippen LogP contribution in [-0.4, -0.2) is 71.6 Å². The van der Waals surface area contributed by atoms with Crippen LogP contribution in [0.25, 0.3) is 10.9 Å². The average molecular weight is 330 g/mol. The van der Waals surface area contributed by atoms with Gasteiger partial charge in [0.1, 0.15) is 5.82 Å². The highest BCUT2D eigenvalue weighted by Crippen LogP contribution is 2.24. The van der Waals surface area contributed by atoms with Crippen LogP contribution in [-0.2, 0) is 13.6 Å². The summed E-state index contributed by atoms with van der Waals surface area (Å²) in [6, 6.07) is 7.90. The van der Waals surface area contributed by atoms with Crippen molar-refractivity contribution >= 4 is 10.9 Å². The number of rotatable bonds is 3. The molecule has 130 valence electrons. The van der Waals surface area contributed by atoms with Crippen LogP contribution in [0, 0.1) is 5.82 Å². The Morgan fingerprint density at radius 1 is 1.04 bits per heavy atom. The Bertz CT molecular complexity index is 717. The molecule has 0 amide bonds. The summed E-state index contributed by atoms with van der Waals surface area (Å²) in [6.45, 7) is 8.03. The second kappa shape index (κ2) is 6.47. The fourth-order valence-electron chi connectivity index (χ4n) is 4.20. The zero-order chi connectivity index (χ0) is 16.7. The minimum Gasteiger partial charge on any atom is -0.346 e. The van der Waals surface area contributed by atoms with Crippen LogP contribution in [0.4, 0.5) is 4.39 Å². The third kappa shape index (κ3) is 3.08. The molecule has 0 N–H and O–H groups in total. The Morgan fingerprint density at radius 3 is 2.62 bits per heavy atom. The number of halogens is 1. The van der Waals surface area contributed by atoms with Crippen molar-refractivity contribution in [3.05, 3.63) is 35.8 Å². The largest absolute Gasteiger partial charge is 0.346 e. The number of likely N-dealkylation sites (N-methyl/N-ethyl adjacent to an activating group) is 1. The number of benzene rings is 1. The summed E-state index contributed by atoms with van der Waals surface area (Å²) in [5, 5.41) is 1.00. The lowest BCUT2D eigenvalue weighted by molar-refractivity contribution is 0.112. The Kier molecular flexibility index (Phi) is 4.33. The highest BCUT2D eigenvalue weighted by molar-refractivity contribution is 5.81. The number of aryl methyl sites for hydroxylation is 1. The van der Waals surface area contributed by atoms with Gasteiger partial charge in [-0.25, -0.2) is 4.39 Å². The van der Waals surface area contributed by atoms with E-state index in [9.17, 15) is 4.39 Å². The van der Waals surface area contributed by atoms with Crippen molar-refractivity contribution in [1.82, 2.24) is 19.3 Å². The van der Waals surface area contributed by atoms with Gasteiger partial charge in [-0.05, 0) is 37.7 Å². The van der Waals surface area contributed by atoms with E-state index in [2.05, 4.69) is 39.4 Å². The summed E-state index contributed by atoms with van der Waals surface area (Å²) < 4.78 is 15.6. The minimum atomic E-state index is -0.157. The van der Waals surface area contributed by atoms with Crippen molar-refractivity contribution in [3.63, 3.8) is 0 Å². The van der Waals surface area contributed by atoms with Gasteiger partial charge in [0, 0.05) is 75.5 Å². The van der Waals surface area contributed by atoms with Crippen LogP contribution >= 0.6 is 0 Å². The van der Waals surface area contributed by atoms with Gasteiger partial charge in [0.05, 0.1) is 0 Å². The second-order valence-corrected chi connectivity index (χ2v) is 7.41. The highest BCUT2D eigenvalue weighted by atomic mass is 19.1. The summed E-state index contributed by atoms with van der Waals surface area (Å²) in [5.41, 5.74) is 2.39. The molecule has 2 aromatic rings. The normalized spacial score (nSPS) is 24.2. The molecule has 1 aromatic heterocycles. The lowest BCUT2D eigenvalue weighted by Gasteiger charge is -2.36. The Morgan fingerprint density at radius 2 is 1.83 bits per heavy atom. The number of piperazine rings is 1. The second-order valence-electron chi connectivity index (χ2n) is 7.41. The van der Waals surface area contributed by atoms with E-state index in [4.69, 9.17) is 0 Å². The van der Waals surface area contributed by atoms with Crippen molar-refractivity contribution in [1.29, 1.82) is 0 Å². The van der Waals surface area contributed by atoms with E-state index in [-0.39, 0.29) is 5.82 Å². The molecule has 0 saturated carbocycles. The predicted octanol–water partition coefficient (Wildman–Crippen LogP) is 2.14. The fraction of sp³-hybridized carbons (Fsp3) is 0.579. The van der Waals surface area contributed by atoms with Crippen LogP contribution < -0.4 is 0 Å². The van der Waals surface area contributed by atoms with E-state index in [1.54, 1.807) is 12.1 Å². The lowest BCUT2D eigenvalue weighted by Crippen LogP contribution is -2.49. The van der Waals surface area contributed by atoms with E-state index < -0.39 is 0 Å². The number of hydrogen-bond donors (Lipinski definition) is 0. The summed E-state index contributed by atoms with van der Waals surface area (Å²) in [5.74, 6) is -0.157. The van der Waals surface area contributed by atoms with Crippen LogP contribution in [0.5, 0.6) is 0 Å². The Balaban J connectivity index is 1.42. The van der Waals surface area contributed by atoms with Crippen molar-refractivity contribution in [2.45, 2.75) is 19.0 Å². The first-order valence-corrected chi connectivity index (χ1v) is 8.99. The van der Waals surface area contributed by atoms with Crippen molar-refractivity contribution in [2.75, 3.05) is 46.3 Å². The first-order valence-electron chi connectivity index (χ1n) is 8.99. The van der Waals surface area contributed by atoms with Gasteiger partial charge in [-0.2, -0.15) is 0 Å². The minimum absolute atomic E-state index is 0.157. The van der Waals surface area contributed by atoms with Crippen LogP contribution in [0.3, 0.4) is 0 Å². The third-order valence-electron chi connectivity index (χ3n) is 5.79. The molecule has 0 radical (unpaired) electrons. The molecule has 1 atom stereocenters.